The Morgan fingerprint density at radius 1 is 1.36 bits per heavy atom. The molecule has 0 bridgehead atoms. The first kappa shape index (κ1) is 9.09. The summed E-state index contributed by atoms with van der Waals surface area (Å²) in [7, 11) is 1.67. The maximum absolute atomic E-state index is 5.92. The van der Waals surface area contributed by atoms with Crippen LogP contribution < -0.4 is 10.5 Å². The van der Waals surface area contributed by atoms with Crippen LogP contribution >= 0.6 is 0 Å². The number of methoxy groups -OCH3 is 1. The van der Waals surface area contributed by atoms with Crippen LogP contribution in [0.1, 0.15) is 18.5 Å². The summed E-state index contributed by atoms with van der Waals surface area (Å²) >= 11 is 0. The zero-order valence-corrected chi connectivity index (χ0v) is 8.37. The molecule has 1 atom stereocenters. The molecule has 0 aliphatic heterocycles. The Hall–Kier alpha value is -1.48. The molecule has 3 nitrogen and oxygen atoms in total. The van der Waals surface area contributed by atoms with Gasteiger partial charge in [0, 0.05) is 28.7 Å². The summed E-state index contributed by atoms with van der Waals surface area (Å²) in [6, 6.07) is 5.94. The summed E-state index contributed by atoms with van der Waals surface area (Å²) < 4.78 is 5.29. The fourth-order valence-corrected chi connectivity index (χ4v) is 1.78. The largest absolute Gasteiger partial charge is 0.496 e. The SMILES string of the molecule is COc1ccc2[nH]ccc2c1C(C)N. The van der Waals surface area contributed by atoms with E-state index in [2.05, 4.69) is 4.98 Å². The highest BCUT2D eigenvalue weighted by molar-refractivity contribution is 5.85. The lowest BCUT2D eigenvalue weighted by molar-refractivity contribution is 0.408. The second-order valence-electron chi connectivity index (χ2n) is 3.41. The predicted octanol–water partition coefficient (Wildman–Crippen LogP) is 2.20. The highest BCUT2D eigenvalue weighted by Crippen LogP contribution is 2.31. The van der Waals surface area contributed by atoms with Gasteiger partial charge in [-0.15, -0.1) is 0 Å². The Morgan fingerprint density at radius 2 is 2.14 bits per heavy atom. The van der Waals surface area contributed by atoms with Gasteiger partial charge in [0.15, 0.2) is 0 Å². The molecule has 0 amide bonds. The third-order valence-corrected chi connectivity index (χ3v) is 2.41. The second kappa shape index (κ2) is 3.35. The molecule has 1 aromatic heterocycles. The standard InChI is InChI=1S/C11H14N2O/c1-7(12)11-8-5-6-13-9(8)3-4-10(11)14-2/h3-7,13H,12H2,1-2H3. The van der Waals surface area contributed by atoms with Gasteiger partial charge in [-0.1, -0.05) is 0 Å². The van der Waals surface area contributed by atoms with Crippen LogP contribution in [-0.2, 0) is 0 Å². The zero-order chi connectivity index (χ0) is 10.1. The third-order valence-electron chi connectivity index (χ3n) is 2.41. The molecule has 74 valence electrons. The number of ether oxygens (including phenoxy) is 1. The van der Waals surface area contributed by atoms with Crippen LogP contribution in [0.25, 0.3) is 10.9 Å². The normalized spacial score (nSPS) is 13.1. The summed E-state index contributed by atoms with van der Waals surface area (Å²) in [6.45, 7) is 1.96. The molecule has 2 rings (SSSR count). The molecule has 14 heavy (non-hydrogen) atoms. The van der Waals surface area contributed by atoms with E-state index in [0.717, 1.165) is 22.2 Å². The zero-order valence-electron chi connectivity index (χ0n) is 8.37. The number of nitrogens with two attached hydrogens (primary N) is 1. The maximum atomic E-state index is 5.92. The predicted molar refractivity (Wildman–Crippen MR) is 57.5 cm³/mol. The van der Waals surface area contributed by atoms with E-state index in [9.17, 15) is 0 Å². The van der Waals surface area contributed by atoms with Gasteiger partial charge in [0.2, 0.25) is 0 Å². The molecule has 0 radical (unpaired) electrons. The van der Waals surface area contributed by atoms with E-state index in [1.807, 2.05) is 31.3 Å². The summed E-state index contributed by atoms with van der Waals surface area (Å²) in [5.74, 6) is 0.854. The maximum Gasteiger partial charge on any atom is 0.124 e. The number of hydrogen-bond donors (Lipinski definition) is 2. The molecule has 1 heterocycles. The van der Waals surface area contributed by atoms with Crippen molar-refractivity contribution >= 4 is 10.9 Å². The number of rotatable bonds is 2. The van der Waals surface area contributed by atoms with Gasteiger partial charge in [-0.3, -0.25) is 0 Å². The van der Waals surface area contributed by atoms with Crippen LogP contribution in [0.3, 0.4) is 0 Å². The number of benzene rings is 1. The average Bonchev–Trinajstić information content (AvgIpc) is 2.62. The minimum absolute atomic E-state index is 0.0237. The highest BCUT2D eigenvalue weighted by atomic mass is 16.5. The number of fused-ring (bicyclic) bond motifs is 1. The van der Waals surface area contributed by atoms with Crippen molar-refractivity contribution in [2.75, 3.05) is 7.11 Å². The lowest BCUT2D eigenvalue weighted by Gasteiger charge is -2.12. The Labute approximate surface area is 82.9 Å². The number of hydrogen-bond acceptors (Lipinski definition) is 2. The van der Waals surface area contributed by atoms with Crippen molar-refractivity contribution in [1.82, 2.24) is 4.98 Å². The van der Waals surface area contributed by atoms with E-state index < -0.39 is 0 Å². The highest BCUT2D eigenvalue weighted by Gasteiger charge is 2.12. The van der Waals surface area contributed by atoms with Crippen molar-refractivity contribution in [1.29, 1.82) is 0 Å². The van der Waals surface area contributed by atoms with Crippen LogP contribution in [-0.4, -0.2) is 12.1 Å². The van der Waals surface area contributed by atoms with Gasteiger partial charge < -0.3 is 15.5 Å². The van der Waals surface area contributed by atoms with Crippen LogP contribution in [0.2, 0.25) is 0 Å². The van der Waals surface area contributed by atoms with Gasteiger partial charge >= 0.3 is 0 Å². The molecule has 0 saturated heterocycles. The molecule has 0 aliphatic carbocycles. The smallest absolute Gasteiger partial charge is 0.124 e. The van der Waals surface area contributed by atoms with Gasteiger partial charge in [-0.05, 0) is 25.1 Å². The lowest BCUT2D eigenvalue weighted by Crippen LogP contribution is -2.07. The fourth-order valence-electron chi connectivity index (χ4n) is 1.78. The van der Waals surface area contributed by atoms with Crippen molar-refractivity contribution in [3.05, 3.63) is 30.0 Å². The summed E-state index contributed by atoms with van der Waals surface area (Å²) in [5, 5.41) is 1.14. The van der Waals surface area contributed by atoms with Gasteiger partial charge in [-0.2, -0.15) is 0 Å². The fraction of sp³-hybridized carbons (Fsp3) is 0.273. The van der Waals surface area contributed by atoms with Crippen molar-refractivity contribution < 1.29 is 4.74 Å². The molecule has 1 unspecified atom stereocenters. The summed E-state index contributed by atoms with van der Waals surface area (Å²) in [4.78, 5) is 3.16. The molecular weight excluding hydrogens is 176 g/mol. The van der Waals surface area contributed by atoms with Crippen molar-refractivity contribution in [3.8, 4) is 5.75 Å². The topological polar surface area (TPSA) is 51.0 Å². The van der Waals surface area contributed by atoms with Crippen molar-refractivity contribution in [2.45, 2.75) is 13.0 Å². The molecular formula is C11H14N2O. The Kier molecular flexibility index (Phi) is 2.17. The van der Waals surface area contributed by atoms with Crippen LogP contribution in [0, 0.1) is 0 Å². The van der Waals surface area contributed by atoms with Gasteiger partial charge in [-0.25, -0.2) is 0 Å². The van der Waals surface area contributed by atoms with Crippen LogP contribution in [0.15, 0.2) is 24.4 Å². The molecule has 0 saturated carbocycles. The quantitative estimate of drug-likeness (QED) is 0.762. The molecule has 0 fully saturated rings. The summed E-state index contributed by atoms with van der Waals surface area (Å²) in [5.41, 5.74) is 8.08. The van der Waals surface area contributed by atoms with Crippen molar-refractivity contribution in [2.24, 2.45) is 5.73 Å². The van der Waals surface area contributed by atoms with Gasteiger partial charge in [0.1, 0.15) is 5.75 Å². The molecule has 0 spiro atoms. The van der Waals surface area contributed by atoms with E-state index in [1.54, 1.807) is 7.11 Å². The number of nitrogens with one attached hydrogen (secondary N) is 1. The molecule has 1 aromatic carbocycles. The van der Waals surface area contributed by atoms with Crippen molar-refractivity contribution in [3.63, 3.8) is 0 Å². The van der Waals surface area contributed by atoms with E-state index in [1.165, 1.54) is 0 Å². The van der Waals surface area contributed by atoms with E-state index in [0.29, 0.717) is 0 Å². The first-order chi connectivity index (χ1) is 6.74. The first-order valence-electron chi connectivity index (χ1n) is 4.63. The summed E-state index contributed by atoms with van der Waals surface area (Å²) in [6.07, 6.45) is 1.91. The van der Waals surface area contributed by atoms with E-state index in [-0.39, 0.29) is 6.04 Å². The van der Waals surface area contributed by atoms with E-state index in [4.69, 9.17) is 10.5 Å². The minimum atomic E-state index is -0.0237. The average molecular weight is 190 g/mol. The Bertz CT molecular complexity index is 445. The second-order valence-corrected chi connectivity index (χ2v) is 3.41. The molecule has 3 N–H and O–H groups in total. The van der Waals surface area contributed by atoms with Gasteiger partial charge in [0.25, 0.3) is 0 Å². The third kappa shape index (κ3) is 1.26. The minimum Gasteiger partial charge on any atom is -0.496 e. The molecule has 0 aliphatic rings. The van der Waals surface area contributed by atoms with E-state index >= 15 is 0 Å². The van der Waals surface area contributed by atoms with Gasteiger partial charge in [0.05, 0.1) is 7.11 Å². The van der Waals surface area contributed by atoms with Crippen LogP contribution in [0.5, 0.6) is 5.75 Å². The molecule has 2 aromatic rings. The monoisotopic (exact) mass is 190 g/mol. The van der Waals surface area contributed by atoms with Crippen LogP contribution in [0.4, 0.5) is 0 Å². The Morgan fingerprint density at radius 3 is 2.79 bits per heavy atom. The number of aromatic nitrogens is 1. The first-order valence-corrected chi connectivity index (χ1v) is 4.63. The lowest BCUT2D eigenvalue weighted by atomic mass is 10.0. The Balaban J connectivity index is 2.75. The number of H-pyrrole nitrogens is 1. The molecule has 3 heteroatoms. The number of aromatic amines is 1.